The van der Waals surface area contributed by atoms with Gasteiger partial charge in [-0.3, -0.25) is 9.69 Å². The lowest BCUT2D eigenvalue weighted by atomic mass is 10.0. The Balaban J connectivity index is 1.68. The fraction of sp³-hybridized carbons (Fsp3) is 0.292. The molecule has 188 valence electrons. The van der Waals surface area contributed by atoms with E-state index in [1.807, 2.05) is 0 Å². The molecule has 0 radical (unpaired) electrons. The third-order valence-electron chi connectivity index (χ3n) is 5.84. The first-order valence-electron chi connectivity index (χ1n) is 11.4. The number of nitrogens with two attached hydrogens (primary N) is 1. The van der Waals surface area contributed by atoms with Crippen molar-refractivity contribution in [3.05, 3.63) is 65.5 Å². The maximum atomic E-state index is 13.4. The monoisotopic (exact) mass is 496 g/mol. The Hall–Kier alpha value is -4.48. The highest BCUT2D eigenvalue weighted by Gasteiger charge is 2.34. The van der Waals surface area contributed by atoms with E-state index in [0.29, 0.717) is 18.5 Å². The Bertz CT molecular complexity index is 1290. The van der Waals surface area contributed by atoms with Crippen LogP contribution in [0, 0.1) is 5.82 Å². The molecule has 1 aliphatic rings. The van der Waals surface area contributed by atoms with Gasteiger partial charge in [0.1, 0.15) is 17.3 Å². The second-order valence-corrected chi connectivity index (χ2v) is 8.14. The molecule has 1 fully saturated rings. The van der Waals surface area contributed by atoms with Gasteiger partial charge in [0, 0.05) is 29.9 Å². The van der Waals surface area contributed by atoms with Crippen LogP contribution < -0.4 is 11.2 Å². The van der Waals surface area contributed by atoms with E-state index in [1.54, 1.807) is 19.1 Å². The van der Waals surface area contributed by atoms with Gasteiger partial charge in [-0.25, -0.2) is 28.6 Å². The molecule has 1 aromatic carbocycles. The van der Waals surface area contributed by atoms with Crippen LogP contribution in [0.3, 0.4) is 0 Å². The van der Waals surface area contributed by atoms with E-state index >= 15 is 0 Å². The minimum atomic E-state index is -1.09. The van der Waals surface area contributed by atoms with Gasteiger partial charge >= 0.3 is 12.1 Å². The molecule has 0 aliphatic carbocycles. The normalized spacial score (nSPS) is 15.4. The fourth-order valence-corrected chi connectivity index (χ4v) is 4.15. The lowest BCUT2D eigenvalue weighted by molar-refractivity contribution is 0.0516. The number of hydrogen-bond donors (Lipinski definition) is 3. The molecule has 11 nitrogen and oxygen atoms in total. The molecular formula is C24H25FN6O5. The summed E-state index contributed by atoms with van der Waals surface area (Å²) in [5.41, 5.74) is 0.922. The number of halogens is 1. The summed E-state index contributed by atoms with van der Waals surface area (Å²) in [4.78, 5) is 46.9. The van der Waals surface area contributed by atoms with Crippen LogP contribution in [0.2, 0.25) is 0 Å². The molecule has 4 rings (SSSR count). The first-order valence-corrected chi connectivity index (χ1v) is 11.4. The van der Waals surface area contributed by atoms with E-state index in [1.165, 1.54) is 29.3 Å². The Morgan fingerprint density at radius 2 is 1.97 bits per heavy atom. The predicted molar refractivity (Wildman–Crippen MR) is 127 cm³/mol. The highest BCUT2D eigenvalue weighted by atomic mass is 19.1. The van der Waals surface area contributed by atoms with Crippen LogP contribution in [-0.4, -0.2) is 55.8 Å². The Morgan fingerprint density at radius 3 is 2.64 bits per heavy atom. The van der Waals surface area contributed by atoms with E-state index < -0.39 is 29.8 Å². The summed E-state index contributed by atoms with van der Waals surface area (Å²) in [7, 11) is 0. The van der Waals surface area contributed by atoms with Crippen LogP contribution >= 0.6 is 0 Å². The Labute approximate surface area is 205 Å². The van der Waals surface area contributed by atoms with Crippen molar-refractivity contribution < 1.29 is 28.6 Å². The molecule has 1 atom stereocenters. The molecule has 2 amide bonds. The largest absolute Gasteiger partial charge is 0.465 e. The molecule has 0 bridgehead atoms. The third-order valence-corrected chi connectivity index (χ3v) is 5.84. The average molecular weight is 496 g/mol. The van der Waals surface area contributed by atoms with Crippen molar-refractivity contribution in [3.8, 4) is 11.3 Å². The lowest BCUT2D eigenvalue weighted by Crippen LogP contribution is -2.39. The number of piperidine rings is 1. The van der Waals surface area contributed by atoms with Crippen LogP contribution in [0.15, 0.2) is 42.6 Å². The number of imidazole rings is 1. The molecule has 0 spiro atoms. The lowest BCUT2D eigenvalue weighted by Gasteiger charge is -2.32. The van der Waals surface area contributed by atoms with Crippen LogP contribution in [0.4, 0.5) is 15.0 Å². The molecule has 2 aromatic heterocycles. The van der Waals surface area contributed by atoms with Crippen molar-refractivity contribution in [2.75, 3.05) is 24.3 Å². The zero-order chi connectivity index (χ0) is 25.8. The number of amides is 2. The van der Waals surface area contributed by atoms with Gasteiger partial charge in [-0.2, -0.15) is 0 Å². The smallest absolute Gasteiger partial charge is 0.407 e. The van der Waals surface area contributed by atoms with Crippen molar-refractivity contribution in [3.63, 3.8) is 0 Å². The summed E-state index contributed by atoms with van der Waals surface area (Å²) in [5.74, 6) is 4.83. The summed E-state index contributed by atoms with van der Waals surface area (Å²) in [6.45, 7) is 2.10. The summed E-state index contributed by atoms with van der Waals surface area (Å²) in [6, 6.07) is 7.83. The van der Waals surface area contributed by atoms with E-state index in [0.717, 1.165) is 23.6 Å². The van der Waals surface area contributed by atoms with Crippen molar-refractivity contribution >= 4 is 23.8 Å². The predicted octanol–water partition coefficient (Wildman–Crippen LogP) is 3.43. The zero-order valence-electron chi connectivity index (χ0n) is 19.5. The summed E-state index contributed by atoms with van der Waals surface area (Å²) in [5, 5.41) is 12.2. The Kier molecular flexibility index (Phi) is 7.13. The number of hydrogen-bond acceptors (Lipinski definition) is 7. The minimum absolute atomic E-state index is 0.0241. The van der Waals surface area contributed by atoms with Crippen LogP contribution in [0.25, 0.3) is 11.3 Å². The number of nitrogens with zero attached hydrogens (tertiary/aromatic N) is 4. The number of pyridine rings is 1. The number of esters is 1. The van der Waals surface area contributed by atoms with Gasteiger partial charge in [0.25, 0.3) is 5.91 Å². The van der Waals surface area contributed by atoms with E-state index in [9.17, 15) is 23.9 Å². The average Bonchev–Trinajstić information content (AvgIpc) is 3.21. The summed E-state index contributed by atoms with van der Waals surface area (Å²) < 4.78 is 19.6. The van der Waals surface area contributed by atoms with Crippen molar-refractivity contribution in [1.82, 2.24) is 19.5 Å². The van der Waals surface area contributed by atoms with E-state index in [-0.39, 0.29) is 35.2 Å². The molecule has 0 saturated carbocycles. The molecule has 1 aliphatic heterocycles. The van der Waals surface area contributed by atoms with Crippen molar-refractivity contribution in [2.24, 2.45) is 0 Å². The number of benzene rings is 1. The van der Waals surface area contributed by atoms with Crippen LogP contribution in [0.1, 0.15) is 58.9 Å². The molecule has 12 heteroatoms. The second-order valence-electron chi connectivity index (χ2n) is 8.14. The van der Waals surface area contributed by atoms with Gasteiger partial charge in [-0.15, -0.1) is 0 Å². The quantitative estimate of drug-likeness (QED) is 0.347. The summed E-state index contributed by atoms with van der Waals surface area (Å²) >= 11 is 0. The zero-order valence-corrected chi connectivity index (χ0v) is 19.5. The van der Waals surface area contributed by atoms with Gasteiger partial charge in [0.2, 0.25) is 0 Å². The number of carbonyl (C=O) groups is 3. The van der Waals surface area contributed by atoms with Gasteiger partial charge in [0.05, 0.1) is 12.6 Å². The van der Waals surface area contributed by atoms with Gasteiger partial charge in [-0.05, 0) is 44.4 Å². The molecule has 3 aromatic rings. The number of carboxylic acid groups (broad SMARTS) is 1. The molecule has 4 N–H and O–H groups in total. The molecule has 1 saturated heterocycles. The van der Waals surface area contributed by atoms with Crippen molar-refractivity contribution in [1.29, 1.82) is 0 Å². The number of nitrogens with one attached hydrogen (secondary N) is 1. The SMILES string of the molecule is CCOC(=O)c1c(-c2ccc(C(=O)Nc3cc(F)ccn3)cc2)nc(C2CCCCN2C(=O)O)n1N. The topological polar surface area (TPSA) is 153 Å². The van der Waals surface area contributed by atoms with Crippen LogP contribution in [0.5, 0.6) is 0 Å². The highest BCUT2D eigenvalue weighted by molar-refractivity contribution is 6.04. The number of nitrogen functional groups attached to an aromatic ring is 1. The maximum absolute atomic E-state index is 13.4. The van der Waals surface area contributed by atoms with E-state index in [2.05, 4.69) is 15.3 Å². The van der Waals surface area contributed by atoms with Crippen LogP contribution in [-0.2, 0) is 4.74 Å². The molecular weight excluding hydrogens is 471 g/mol. The van der Waals surface area contributed by atoms with Gasteiger partial charge in [0.15, 0.2) is 11.5 Å². The first kappa shape index (κ1) is 24.6. The second kappa shape index (κ2) is 10.4. The number of ether oxygens (including phenoxy) is 1. The van der Waals surface area contributed by atoms with Gasteiger partial charge in [-0.1, -0.05) is 12.1 Å². The molecule has 1 unspecified atom stereocenters. The molecule has 3 heterocycles. The number of anilines is 1. The minimum Gasteiger partial charge on any atom is -0.465 e. The van der Waals surface area contributed by atoms with Crippen molar-refractivity contribution in [2.45, 2.75) is 32.2 Å². The maximum Gasteiger partial charge on any atom is 0.407 e. The number of rotatable bonds is 6. The highest BCUT2D eigenvalue weighted by Crippen LogP contribution is 2.34. The molecule has 36 heavy (non-hydrogen) atoms. The first-order chi connectivity index (χ1) is 17.3. The third kappa shape index (κ3) is 4.97. The summed E-state index contributed by atoms with van der Waals surface area (Å²) in [6.07, 6.45) is 2.17. The number of aromatic nitrogens is 3. The van der Waals surface area contributed by atoms with Gasteiger partial charge < -0.3 is 21.0 Å². The standard InChI is InChI=1S/C24H25FN6O5/c1-2-36-23(33)20-19(29-21(31(20)26)17-5-3-4-12-30(17)24(34)35)14-6-8-15(9-7-14)22(32)28-18-13-16(25)10-11-27-18/h6-11,13,17H,2-5,12,26H2,1H3,(H,34,35)(H,27,28,32). The fourth-order valence-electron chi connectivity index (χ4n) is 4.15. The number of carbonyl (C=O) groups excluding carboxylic acids is 2. The number of likely N-dealkylation sites (tertiary alicyclic amines) is 1. The van der Waals surface area contributed by atoms with E-state index in [4.69, 9.17) is 10.6 Å². The Morgan fingerprint density at radius 1 is 1.22 bits per heavy atom.